The van der Waals surface area contributed by atoms with E-state index in [-0.39, 0.29) is 5.91 Å². The van der Waals surface area contributed by atoms with Gasteiger partial charge in [-0.1, -0.05) is 42.5 Å². The molecule has 0 radical (unpaired) electrons. The highest BCUT2D eigenvalue weighted by Crippen LogP contribution is 2.21. The number of benzene rings is 3. The monoisotopic (exact) mass is 382 g/mol. The maximum Gasteiger partial charge on any atom is 0.251 e. The molecular formula is C23H18N4O2. The van der Waals surface area contributed by atoms with Crippen LogP contribution in [0, 0.1) is 6.92 Å². The first kappa shape index (κ1) is 17.2. The number of carbonyl (C=O) groups excluding carboxylic acids is 1. The van der Waals surface area contributed by atoms with Gasteiger partial charge in [0, 0.05) is 17.7 Å². The van der Waals surface area contributed by atoms with E-state index in [1.807, 2.05) is 43.3 Å². The quantitative estimate of drug-likeness (QED) is 0.501. The molecule has 0 saturated heterocycles. The molecule has 5 aromatic rings. The van der Waals surface area contributed by atoms with Gasteiger partial charge in [-0.2, -0.15) is 4.52 Å². The molecule has 0 aliphatic heterocycles. The Morgan fingerprint density at radius 2 is 1.83 bits per heavy atom. The fraction of sp³-hybridized carbons (Fsp3) is 0.0870. The summed E-state index contributed by atoms with van der Waals surface area (Å²) in [6, 6.07) is 21.5. The minimum absolute atomic E-state index is 0.120. The third kappa shape index (κ3) is 3.14. The predicted molar refractivity (Wildman–Crippen MR) is 111 cm³/mol. The van der Waals surface area contributed by atoms with Crippen molar-refractivity contribution < 1.29 is 9.21 Å². The third-order valence-corrected chi connectivity index (χ3v) is 4.98. The lowest BCUT2D eigenvalue weighted by Gasteiger charge is -2.09. The molecule has 5 rings (SSSR count). The molecule has 0 aliphatic rings. The molecular weight excluding hydrogens is 364 g/mol. The molecule has 0 atom stereocenters. The maximum atomic E-state index is 12.6. The van der Waals surface area contributed by atoms with Crippen LogP contribution in [0.4, 0.5) is 0 Å². The Morgan fingerprint density at radius 1 is 1.03 bits per heavy atom. The van der Waals surface area contributed by atoms with Gasteiger partial charge in [0.1, 0.15) is 5.82 Å². The fourth-order valence-electron chi connectivity index (χ4n) is 3.42. The molecule has 2 aromatic heterocycles. The number of hydrogen-bond donors (Lipinski definition) is 1. The van der Waals surface area contributed by atoms with E-state index < -0.39 is 0 Å². The van der Waals surface area contributed by atoms with E-state index in [1.165, 1.54) is 0 Å². The van der Waals surface area contributed by atoms with Gasteiger partial charge in [0.15, 0.2) is 0 Å². The lowest BCUT2D eigenvalue weighted by molar-refractivity contribution is 0.0951. The zero-order valence-electron chi connectivity index (χ0n) is 15.8. The zero-order chi connectivity index (χ0) is 19.8. The van der Waals surface area contributed by atoms with Crippen molar-refractivity contribution in [3.05, 3.63) is 89.9 Å². The average molecular weight is 382 g/mol. The van der Waals surface area contributed by atoms with Crippen LogP contribution < -0.4 is 5.32 Å². The number of fused-ring (bicyclic) bond motifs is 2. The number of imidazole rings is 1. The summed E-state index contributed by atoms with van der Waals surface area (Å²) >= 11 is 0. The van der Waals surface area contributed by atoms with Gasteiger partial charge in [0.25, 0.3) is 5.91 Å². The lowest BCUT2D eigenvalue weighted by Crippen LogP contribution is -2.22. The number of aryl methyl sites for hydroxylation is 1. The molecule has 142 valence electrons. The van der Waals surface area contributed by atoms with Gasteiger partial charge < -0.3 is 9.73 Å². The SMILES string of the molecule is Cc1ncc2oc(-c3ccc(C(=O)NCc4cccc5ccccc45)cc3)nn12. The van der Waals surface area contributed by atoms with Crippen LogP contribution in [0.2, 0.25) is 0 Å². The van der Waals surface area contributed by atoms with Gasteiger partial charge in [-0.05, 0) is 47.5 Å². The number of nitrogens with zero attached hydrogens (tertiary/aromatic N) is 3. The van der Waals surface area contributed by atoms with E-state index in [0.717, 1.165) is 27.7 Å². The molecule has 0 bridgehead atoms. The fourth-order valence-corrected chi connectivity index (χ4v) is 3.42. The highest BCUT2D eigenvalue weighted by Gasteiger charge is 2.12. The van der Waals surface area contributed by atoms with Crippen molar-refractivity contribution >= 4 is 22.4 Å². The van der Waals surface area contributed by atoms with Crippen LogP contribution in [0.5, 0.6) is 0 Å². The zero-order valence-corrected chi connectivity index (χ0v) is 15.8. The Kier molecular flexibility index (Phi) is 4.09. The molecule has 0 aliphatic carbocycles. The average Bonchev–Trinajstić information content (AvgIpc) is 3.34. The van der Waals surface area contributed by atoms with Gasteiger partial charge in [-0.25, -0.2) is 4.98 Å². The molecule has 1 N–H and O–H groups in total. The summed E-state index contributed by atoms with van der Waals surface area (Å²) in [4.78, 5) is 16.7. The number of carbonyl (C=O) groups is 1. The number of hydrogen-bond acceptors (Lipinski definition) is 4. The molecule has 0 saturated carbocycles. The van der Waals surface area contributed by atoms with Crippen molar-refractivity contribution in [1.29, 1.82) is 0 Å². The molecule has 0 fully saturated rings. The van der Waals surface area contributed by atoms with E-state index in [1.54, 1.807) is 22.8 Å². The smallest absolute Gasteiger partial charge is 0.251 e. The molecule has 29 heavy (non-hydrogen) atoms. The summed E-state index contributed by atoms with van der Waals surface area (Å²) in [6.45, 7) is 2.34. The highest BCUT2D eigenvalue weighted by atomic mass is 16.4. The van der Waals surface area contributed by atoms with Crippen molar-refractivity contribution in [2.24, 2.45) is 0 Å². The van der Waals surface area contributed by atoms with Crippen molar-refractivity contribution in [1.82, 2.24) is 19.9 Å². The topological polar surface area (TPSA) is 72.4 Å². The highest BCUT2D eigenvalue weighted by molar-refractivity contribution is 5.95. The van der Waals surface area contributed by atoms with Crippen LogP contribution in [-0.2, 0) is 6.54 Å². The number of rotatable bonds is 4. The Bertz CT molecular complexity index is 1330. The first-order chi connectivity index (χ1) is 14.2. The molecule has 3 aromatic carbocycles. The third-order valence-electron chi connectivity index (χ3n) is 4.98. The summed E-state index contributed by atoms with van der Waals surface area (Å²) in [6.07, 6.45) is 1.64. The van der Waals surface area contributed by atoms with Gasteiger partial charge in [-0.15, -0.1) is 5.10 Å². The van der Waals surface area contributed by atoms with E-state index in [4.69, 9.17) is 4.42 Å². The van der Waals surface area contributed by atoms with Crippen LogP contribution in [0.15, 0.2) is 77.3 Å². The minimum Gasteiger partial charge on any atom is -0.417 e. The first-order valence-electron chi connectivity index (χ1n) is 9.35. The summed E-state index contributed by atoms with van der Waals surface area (Å²) in [5.74, 6) is 1.14. The van der Waals surface area contributed by atoms with Gasteiger partial charge >= 0.3 is 0 Å². The molecule has 6 heteroatoms. The number of nitrogens with one attached hydrogen (secondary N) is 1. The Morgan fingerprint density at radius 3 is 2.66 bits per heavy atom. The maximum absolute atomic E-state index is 12.6. The summed E-state index contributed by atoms with van der Waals surface area (Å²) in [5, 5.41) is 9.72. The van der Waals surface area contributed by atoms with E-state index in [9.17, 15) is 4.79 Å². The van der Waals surface area contributed by atoms with Crippen LogP contribution in [-0.4, -0.2) is 20.5 Å². The van der Waals surface area contributed by atoms with E-state index in [2.05, 4.69) is 33.6 Å². The Balaban J connectivity index is 1.32. The summed E-state index contributed by atoms with van der Waals surface area (Å²) in [7, 11) is 0. The molecule has 2 heterocycles. The standard InChI is InChI=1S/C23H18N4O2/c1-15-24-14-21-27(15)26-23(29-21)18-11-9-17(10-12-18)22(28)25-13-19-7-4-6-16-5-2-3-8-20(16)19/h2-12,14H,13H2,1H3,(H,25,28). The molecule has 0 unspecified atom stereocenters. The summed E-state index contributed by atoms with van der Waals surface area (Å²) < 4.78 is 7.36. The number of aromatic nitrogens is 3. The second kappa shape index (κ2) is 6.91. The van der Waals surface area contributed by atoms with Gasteiger partial charge in [-0.3, -0.25) is 4.79 Å². The van der Waals surface area contributed by atoms with E-state index in [0.29, 0.717) is 23.7 Å². The van der Waals surface area contributed by atoms with Crippen molar-refractivity contribution in [2.45, 2.75) is 13.5 Å². The van der Waals surface area contributed by atoms with E-state index >= 15 is 0 Å². The van der Waals surface area contributed by atoms with Crippen LogP contribution in [0.3, 0.4) is 0 Å². The van der Waals surface area contributed by atoms with Crippen LogP contribution in [0.1, 0.15) is 21.7 Å². The van der Waals surface area contributed by atoms with Crippen LogP contribution >= 0.6 is 0 Å². The lowest BCUT2D eigenvalue weighted by atomic mass is 10.0. The molecule has 1 amide bonds. The normalized spacial score (nSPS) is 11.2. The first-order valence-corrected chi connectivity index (χ1v) is 9.35. The predicted octanol–water partition coefficient (Wildman–Crippen LogP) is 4.38. The second-order valence-corrected chi connectivity index (χ2v) is 6.86. The summed E-state index contributed by atoms with van der Waals surface area (Å²) in [5.41, 5.74) is 3.07. The number of amides is 1. The Hall–Kier alpha value is -3.93. The van der Waals surface area contributed by atoms with Crippen molar-refractivity contribution in [3.63, 3.8) is 0 Å². The van der Waals surface area contributed by atoms with Gasteiger partial charge in [0.05, 0.1) is 6.20 Å². The molecule has 6 nitrogen and oxygen atoms in total. The van der Waals surface area contributed by atoms with Gasteiger partial charge in [0.2, 0.25) is 11.6 Å². The minimum atomic E-state index is -0.120. The Labute approximate surface area is 166 Å². The van der Waals surface area contributed by atoms with Crippen molar-refractivity contribution in [3.8, 4) is 11.5 Å². The second-order valence-electron chi connectivity index (χ2n) is 6.86. The molecule has 0 spiro atoms. The largest absolute Gasteiger partial charge is 0.417 e. The van der Waals surface area contributed by atoms with Crippen molar-refractivity contribution in [2.75, 3.05) is 0 Å². The van der Waals surface area contributed by atoms with Crippen LogP contribution in [0.25, 0.3) is 27.9 Å².